The number of halogens is 15. The minimum absolute atomic E-state index is 0.0460. The third kappa shape index (κ3) is 23.8. The zero-order chi connectivity index (χ0) is 88.7. The number of carbonyl (C=O) groups excluding carboxylic acids is 5. The van der Waals surface area contributed by atoms with Gasteiger partial charge in [0, 0.05) is 149 Å². The lowest BCUT2D eigenvalue weighted by Crippen LogP contribution is -2.22. The molecule has 12 rings (SSSR count). The van der Waals surface area contributed by atoms with Crippen LogP contribution in [0.1, 0.15) is 99.8 Å². The molecule has 11 heterocycles. The third-order valence-electron chi connectivity index (χ3n) is 16.6. The number of pyridine rings is 6. The summed E-state index contributed by atoms with van der Waals surface area (Å²) in [5.74, 6) is -1.66. The number of hydrogen-bond donors (Lipinski definition) is 1. The van der Waals surface area contributed by atoms with Gasteiger partial charge in [-0.05, 0) is 115 Å². The van der Waals surface area contributed by atoms with E-state index in [1.807, 2.05) is 30.3 Å². The van der Waals surface area contributed by atoms with E-state index < -0.39 is 59.4 Å². The number of amides is 5. The highest BCUT2D eigenvalue weighted by molar-refractivity contribution is 5.95. The number of alkyl halides is 15. The Hall–Kier alpha value is -13.6. The van der Waals surface area contributed by atoms with Crippen LogP contribution in [0.4, 0.5) is 65.9 Å². The predicted molar refractivity (Wildman–Crippen MR) is 405 cm³/mol. The molecule has 0 atom stereocenters. The fraction of sp³-hybridized carbons (Fsp3) is 0.282. The fourth-order valence-electron chi connectivity index (χ4n) is 10.8. The van der Waals surface area contributed by atoms with Crippen LogP contribution in [0.15, 0.2) is 177 Å². The second-order valence-corrected chi connectivity index (χ2v) is 26.7. The average molecular weight is 1690 g/mol. The summed E-state index contributed by atoms with van der Waals surface area (Å²) < 4.78 is 201. The standard InChI is InChI=1S/C19H17F3N4O.C17H14F3N5O.C15H17F3N4O.C14H15F3N4O2.C13H13F3N4O/c1-25(2)18(27)15-10-14(8-9-23-15)16-11-17(19(20,21)22)24-26(16)12-13-6-4-3-5-7-13;1-24(2)16(26)13-9-11(6-8-21-13)12-10-14(17(18,19)20)25(23-12)15-5-3-4-7-22-15;1-4-7-22-13(15(16,17)18)9-11(20-22)10-5-6-19-12(8-10)14(23)21(2)3;1-20(2)13(23)10-7-9(3-4-18-10)11-8-12(14(15,16)17)19-21(11)5-6-22;1-19(2)12(21)10-6-8(4-5-17-10)9-7-11(13(14,15)16)20(3)18-9/h3-11H,12H2,1-2H3;3-10H,1-2H3;5-6,8-9H,4,7H2,1-3H3;3-4,7-8,22H,5-6H2,1-2H3;4-7H,1-3H3. The van der Waals surface area contributed by atoms with Crippen molar-refractivity contribution in [2.75, 3.05) is 77.1 Å². The highest BCUT2D eigenvalue weighted by Gasteiger charge is 2.40. The molecule has 5 amide bonds. The quantitative estimate of drug-likeness (QED) is 0.0829. The number of nitrogens with zero attached hydrogens (tertiary/aromatic N) is 21. The molecular weight excluding hydrogens is 1610 g/mol. The Kier molecular flexibility index (Phi) is 29.6. The largest absolute Gasteiger partial charge is 0.435 e. The number of hydrogen-bond acceptors (Lipinski definition) is 17. The van der Waals surface area contributed by atoms with Crippen LogP contribution in [-0.4, -0.2) is 215 Å². The second-order valence-electron chi connectivity index (χ2n) is 26.7. The molecule has 1 N–H and O–H groups in total. The van der Waals surface area contributed by atoms with Crippen LogP contribution in [-0.2, 0) is 57.6 Å². The number of rotatable bonds is 17. The molecule has 42 heteroatoms. The van der Waals surface area contributed by atoms with E-state index in [2.05, 4.69) is 55.4 Å². The van der Waals surface area contributed by atoms with E-state index in [1.54, 1.807) is 95.6 Å². The van der Waals surface area contributed by atoms with Crippen molar-refractivity contribution in [1.29, 1.82) is 0 Å². The maximum atomic E-state index is 13.4. The Morgan fingerprint density at radius 1 is 0.350 bits per heavy atom. The molecule has 634 valence electrons. The number of benzene rings is 1. The molecule has 0 saturated heterocycles. The molecule has 0 unspecified atom stereocenters. The van der Waals surface area contributed by atoms with E-state index in [0.29, 0.717) is 34.2 Å². The summed E-state index contributed by atoms with van der Waals surface area (Å²) in [6, 6.07) is 33.1. The number of aryl methyl sites for hydroxylation is 2. The molecule has 120 heavy (non-hydrogen) atoms. The van der Waals surface area contributed by atoms with E-state index in [0.717, 1.165) is 54.6 Å². The molecule has 0 bridgehead atoms. The van der Waals surface area contributed by atoms with Crippen molar-refractivity contribution < 1.29 is 94.9 Å². The summed E-state index contributed by atoms with van der Waals surface area (Å²) in [7, 11) is 16.9. The number of aliphatic hydroxyl groups is 1. The number of aliphatic hydroxyl groups excluding tert-OH is 1. The van der Waals surface area contributed by atoms with Crippen LogP contribution < -0.4 is 0 Å². The first-order chi connectivity index (χ1) is 56.2. The molecule has 0 radical (unpaired) electrons. The molecule has 0 aliphatic carbocycles. The van der Waals surface area contributed by atoms with Crippen LogP contribution in [0.25, 0.3) is 62.1 Å². The van der Waals surface area contributed by atoms with Crippen molar-refractivity contribution in [3.8, 4) is 62.1 Å². The molecule has 0 saturated carbocycles. The summed E-state index contributed by atoms with van der Waals surface area (Å²) in [5, 5.41) is 28.1. The van der Waals surface area contributed by atoms with Crippen LogP contribution in [0.3, 0.4) is 0 Å². The van der Waals surface area contributed by atoms with Gasteiger partial charge in [-0.1, -0.05) is 43.3 Å². The molecule has 12 aromatic rings. The van der Waals surface area contributed by atoms with Gasteiger partial charge in [-0.3, -0.25) is 67.6 Å². The summed E-state index contributed by atoms with van der Waals surface area (Å²) >= 11 is 0. The highest BCUT2D eigenvalue weighted by Crippen LogP contribution is 2.38. The first kappa shape index (κ1) is 91.9. The molecule has 0 aliphatic rings. The molecule has 0 fully saturated rings. The van der Waals surface area contributed by atoms with E-state index in [-0.39, 0.29) is 119 Å². The summed E-state index contributed by atoms with van der Waals surface area (Å²) in [4.78, 5) is 90.2. The Balaban J connectivity index is 0.000000187. The van der Waals surface area contributed by atoms with Crippen molar-refractivity contribution >= 4 is 29.5 Å². The van der Waals surface area contributed by atoms with Gasteiger partial charge in [-0.25, -0.2) is 9.67 Å². The average Bonchev–Trinajstić information content (AvgIpc) is 1.66. The molecular formula is C78H76F15N21O6. The fourth-order valence-corrected chi connectivity index (χ4v) is 10.8. The van der Waals surface area contributed by atoms with Gasteiger partial charge in [0.1, 0.15) is 39.9 Å². The maximum Gasteiger partial charge on any atom is 0.435 e. The Morgan fingerprint density at radius 2 is 0.700 bits per heavy atom. The molecule has 1 aromatic carbocycles. The maximum absolute atomic E-state index is 13.4. The second kappa shape index (κ2) is 38.7. The van der Waals surface area contributed by atoms with Gasteiger partial charge in [0.2, 0.25) is 0 Å². The van der Waals surface area contributed by atoms with Gasteiger partial charge >= 0.3 is 30.9 Å². The van der Waals surface area contributed by atoms with Gasteiger partial charge in [-0.2, -0.15) is 91.3 Å². The lowest BCUT2D eigenvalue weighted by Gasteiger charge is -2.11. The predicted octanol–water partition coefficient (Wildman–Crippen LogP) is 13.7. The van der Waals surface area contributed by atoms with Crippen LogP contribution in [0.2, 0.25) is 0 Å². The summed E-state index contributed by atoms with van der Waals surface area (Å²) in [6.07, 6.45) is -13.9. The highest BCUT2D eigenvalue weighted by atomic mass is 19.4. The van der Waals surface area contributed by atoms with E-state index in [9.17, 15) is 89.8 Å². The van der Waals surface area contributed by atoms with Gasteiger partial charge in [0.15, 0.2) is 22.9 Å². The van der Waals surface area contributed by atoms with E-state index in [4.69, 9.17) is 5.11 Å². The van der Waals surface area contributed by atoms with Crippen molar-refractivity contribution in [3.05, 3.63) is 239 Å². The molecule has 0 spiro atoms. The van der Waals surface area contributed by atoms with Gasteiger partial charge < -0.3 is 29.6 Å². The Morgan fingerprint density at radius 3 is 1.06 bits per heavy atom. The lowest BCUT2D eigenvalue weighted by atomic mass is 10.1. The van der Waals surface area contributed by atoms with Crippen molar-refractivity contribution in [2.45, 2.75) is 63.9 Å². The first-order valence-corrected chi connectivity index (χ1v) is 35.4. The van der Waals surface area contributed by atoms with Gasteiger partial charge in [0.25, 0.3) is 29.5 Å². The van der Waals surface area contributed by atoms with Gasteiger partial charge in [-0.15, -0.1) is 0 Å². The minimum atomic E-state index is -4.61. The number of aromatic nitrogens is 16. The topological polar surface area (TPSA) is 288 Å². The Labute approximate surface area is 674 Å². The summed E-state index contributed by atoms with van der Waals surface area (Å²) in [5.41, 5.74) is -0.370. The van der Waals surface area contributed by atoms with E-state index >= 15 is 0 Å². The monoisotopic (exact) mass is 1690 g/mol. The summed E-state index contributed by atoms with van der Waals surface area (Å²) in [6.45, 7) is 1.67. The molecule has 0 aliphatic heterocycles. The first-order valence-electron chi connectivity index (χ1n) is 35.4. The lowest BCUT2D eigenvalue weighted by molar-refractivity contribution is -0.144. The minimum Gasteiger partial charge on any atom is -0.394 e. The number of carbonyl (C=O) groups is 5. The van der Waals surface area contributed by atoms with Crippen LogP contribution in [0.5, 0.6) is 0 Å². The SMILES string of the molecule is CCCn1nc(-c2ccnc(C(=O)N(C)C)c2)cc1C(F)(F)F.CN(C)C(=O)c1cc(-c2cc(C(F)(F)F)n(-c3ccccn3)n2)ccn1.CN(C)C(=O)c1cc(-c2cc(C(F)(F)F)n(C)n2)ccn1.CN(C)C(=O)c1cc(-c2cc(C(F)(F)F)nn2CCO)ccn1.CN(C)C(=O)c1cc(-c2cc(C(F)(F)F)nn2Cc2ccccc2)ccn1. The van der Waals surface area contributed by atoms with Crippen molar-refractivity contribution in [2.24, 2.45) is 7.05 Å². The molecule has 27 nitrogen and oxygen atoms in total. The molecule has 11 aromatic heterocycles. The van der Waals surface area contributed by atoms with Crippen molar-refractivity contribution in [1.82, 2.24) is 103 Å². The van der Waals surface area contributed by atoms with Crippen LogP contribution >= 0.6 is 0 Å². The Bertz CT molecular complexity index is 5530. The van der Waals surface area contributed by atoms with E-state index in [1.165, 1.54) is 134 Å². The zero-order valence-corrected chi connectivity index (χ0v) is 65.8. The smallest absolute Gasteiger partial charge is 0.394 e. The normalized spacial score (nSPS) is 11.5. The van der Waals surface area contributed by atoms with Crippen molar-refractivity contribution in [3.63, 3.8) is 0 Å². The van der Waals surface area contributed by atoms with Crippen LogP contribution in [0, 0.1) is 0 Å². The zero-order valence-electron chi connectivity index (χ0n) is 65.8. The van der Waals surface area contributed by atoms with Gasteiger partial charge in [0.05, 0.1) is 48.2 Å². The third-order valence-corrected chi connectivity index (χ3v) is 16.6.